The Morgan fingerprint density at radius 3 is 1.96 bits per heavy atom. The van der Waals surface area contributed by atoms with Gasteiger partial charge in [0.15, 0.2) is 5.60 Å². The van der Waals surface area contributed by atoms with E-state index in [2.05, 4.69) is 6.58 Å². The predicted octanol–water partition coefficient (Wildman–Crippen LogP) is 5.51. The lowest BCUT2D eigenvalue weighted by Gasteiger charge is -2.25. The van der Waals surface area contributed by atoms with Crippen molar-refractivity contribution in [2.24, 2.45) is 0 Å². The van der Waals surface area contributed by atoms with Crippen LogP contribution in [0, 0.1) is 0 Å². The lowest BCUT2D eigenvalue weighted by atomic mass is 10.00. The molecule has 25 heavy (non-hydrogen) atoms. The van der Waals surface area contributed by atoms with E-state index in [1.165, 1.54) is 0 Å². The van der Waals surface area contributed by atoms with E-state index in [1.807, 2.05) is 62.4 Å². The fourth-order valence-electron chi connectivity index (χ4n) is 2.23. The molecule has 0 amide bonds. The highest BCUT2D eigenvalue weighted by Crippen LogP contribution is 2.26. The Bertz CT molecular complexity index is 744. The third kappa shape index (κ3) is 5.10. The number of halogens is 1. The number of carbonyl (C=O) groups is 1. The molecule has 0 saturated heterocycles. The van der Waals surface area contributed by atoms with E-state index >= 15 is 0 Å². The van der Waals surface area contributed by atoms with Crippen molar-refractivity contribution >= 4 is 23.1 Å². The molecular weight excluding hydrogens is 336 g/mol. The molecule has 0 N–H and O–H groups in total. The zero-order valence-corrected chi connectivity index (χ0v) is 15.8. The Morgan fingerprint density at radius 1 is 1.00 bits per heavy atom. The first-order valence-electron chi connectivity index (χ1n) is 8.14. The summed E-state index contributed by atoms with van der Waals surface area (Å²) in [7, 11) is 0. The number of esters is 1. The summed E-state index contributed by atoms with van der Waals surface area (Å²) in [6.07, 6.45) is -0.180. The van der Waals surface area contributed by atoms with Gasteiger partial charge in [-0.3, -0.25) is 0 Å². The summed E-state index contributed by atoms with van der Waals surface area (Å²) >= 11 is 5.92. The lowest BCUT2D eigenvalue weighted by Crippen LogP contribution is -2.40. The SMILES string of the molecule is C=C(c1ccc(Cl)cc1)c1ccc(OC(C)(C)C(=O)OC(C)C)cc1. The van der Waals surface area contributed by atoms with E-state index < -0.39 is 11.6 Å². The highest BCUT2D eigenvalue weighted by molar-refractivity contribution is 6.30. The molecule has 0 aliphatic rings. The van der Waals surface area contributed by atoms with Crippen molar-refractivity contribution < 1.29 is 14.3 Å². The van der Waals surface area contributed by atoms with Crippen molar-refractivity contribution in [3.8, 4) is 5.75 Å². The number of carbonyl (C=O) groups excluding carboxylic acids is 1. The maximum Gasteiger partial charge on any atom is 0.350 e. The molecule has 0 heterocycles. The zero-order valence-electron chi connectivity index (χ0n) is 15.0. The fraction of sp³-hybridized carbons (Fsp3) is 0.286. The molecule has 0 atom stereocenters. The standard InChI is InChI=1S/C21H23ClO3/c1-14(2)24-20(23)21(4,5)25-19-12-8-17(9-13-19)15(3)16-6-10-18(22)11-7-16/h6-14H,3H2,1-2,4-5H3. The highest BCUT2D eigenvalue weighted by atomic mass is 35.5. The van der Waals surface area contributed by atoms with Gasteiger partial charge in [-0.05, 0) is 68.7 Å². The Balaban J connectivity index is 2.10. The molecule has 0 saturated carbocycles. The molecule has 0 aliphatic heterocycles. The Morgan fingerprint density at radius 2 is 1.48 bits per heavy atom. The van der Waals surface area contributed by atoms with Gasteiger partial charge in [-0.25, -0.2) is 4.79 Å². The van der Waals surface area contributed by atoms with E-state index in [1.54, 1.807) is 13.8 Å². The molecule has 0 unspecified atom stereocenters. The summed E-state index contributed by atoms with van der Waals surface area (Å²) in [5, 5.41) is 0.691. The average molecular weight is 359 g/mol. The molecule has 4 heteroatoms. The Kier molecular flexibility index (Phi) is 5.91. The second kappa shape index (κ2) is 7.75. The van der Waals surface area contributed by atoms with Crippen LogP contribution in [0.5, 0.6) is 5.75 Å². The molecule has 0 bridgehead atoms. The van der Waals surface area contributed by atoms with Gasteiger partial charge in [0.05, 0.1) is 6.10 Å². The number of rotatable bonds is 6. The molecule has 3 nitrogen and oxygen atoms in total. The van der Waals surface area contributed by atoms with Gasteiger partial charge in [-0.1, -0.05) is 42.4 Å². The van der Waals surface area contributed by atoms with Gasteiger partial charge in [-0.15, -0.1) is 0 Å². The van der Waals surface area contributed by atoms with Crippen LogP contribution in [0.1, 0.15) is 38.8 Å². The summed E-state index contributed by atoms with van der Waals surface area (Å²) < 4.78 is 11.0. The topological polar surface area (TPSA) is 35.5 Å². The van der Waals surface area contributed by atoms with Gasteiger partial charge in [-0.2, -0.15) is 0 Å². The molecule has 132 valence electrons. The second-order valence-electron chi connectivity index (χ2n) is 6.58. The minimum absolute atomic E-state index is 0.180. The second-order valence-corrected chi connectivity index (χ2v) is 7.01. The summed E-state index contributed by atoms with van der Waals surface area (Å²) in [4.78, 5) is 12.1. The first kappa shape index (κ1) is 19.1. The smallest absolute Gasteiger partial charge is 0.350 e. The maximum atomic E-state index is 12.1. The largest absolute Gasteiger partial charge is 0.476 e. The van der Waals surface area contributed by atoms with Gasteiger partial charge in [0.25, 0.3) is 0 Å². The van der Waals surface area contributed by atoms with Crippen LogP contribution in [0.15, 0.2) is 55.1 Å². The Labute approximate surface area is 154 Å². The molecule has 2 aromatic carbocycles. The minimum atomic E-state index is -1.06. The normalized spacial score (nSPS) is 11.3. The van der Waals surface area contributed by atoms with Crippen LogP contribution in [0.4, 0.5) is 0 Å². The first-order chi connectivity index (χ1) is 11.7. The fourth-order valence-corrected chi connectivity index (χ4v) is 2.36. The van der Waals surface area contributed by atoms with Crippen LogP contribution in [0.3, 0.4) is 0 Å². The van der Waals surface area contributed by atoms with Crippen LogP contribution in [0.25, 0.3) is 5.57 Å². The third-order valence-electron chi connectivity index (χ3n) is 3.60. The highest BCUT2D eigenvalue weighted by Gasteiger charge is 2.32. The van der Waals surface area contributed by atoms with E-state index in [-0.39, 0.29) is 6.10 Å². The number of hydrogen-bond acceptors (Lipinski definition) is 3. The van der Waals surface area contributed by atoms with Crippen molar-refractivity contribution in [3.63, 3.8) is 0 Å². The van der Waals surface area contributed by atoms with Crippen molar-refractivity contribution in [2.75, 3.05) is 0 Å². The minimum Gasteiger partial charge on any atom is -0.476 e. The quantitative estimate of drug-likeness (QED) is 0.638. The van der Waals surface area contributed by atoms with Crippen LogP contribution >= 0.6 is 11.6 Å². The van der Waals surface area contributed by atoms with Crippen LogP contribution in [-0.2, 0) is 9.53 Å². The van der Waals surface area contributed by atoms with E-state index in [4.69, 9.17) is 21.1 Å². The molecule has 0 spiro atoms. The molecule has 0 aromatic heterocycles. The van der Waals surface area contributed by atoms with Gasteiger partial charge in [0.1, 0.15) is 5.75 Å². The van der Waals surface area contributed by atoms with Gasteiger partial charge in [0.2, 0.25) is 0 Å². The first-order valence-corrected chi connectivity index (χ1v) is 8.52. The molecule has 2 rings (SSSR count). The third-order valence-corrected chi connectivity index (χ3v) is 3.85. The Hall–Kier alpha value is -2.26. The van der Waals surface area contributed by atoms with Crippen LogP contribution < -0.4 is 4.74 Å². The summed E-state index contributed by atoms with van der Waals surface area (Å²) in [5.41, 5.74) is 1.80. The van der Waals surface area contributed by atoms with E-state index in [0.29, 0.717) is 10.8 Å². The van der Waals surface area contributed by atoms with Crippen molar-refractivity contribution in [3.05, 3.63) is 71.3 Å². The monoisotopic (exact) mass is 358 g/mol. The molecule has 2 aromatic rings. The molecule has 0 fully saturated rings. The van der Waals surface area contributed by atoms with Crippen molar-refractivity contribution in [2.45, 2.75) is 39.4 Å². The summed E-state index contributed by atoms with van der Waals surface area (Å²) in [5.74, 6) is 0.204. The zero-order chi connectivity index (χ0) is 18.6. The number of benzene rings is 2. The number of hydrogen-bond donors (Lipinski definition) is 0. The number of ether oxygens (including phenoxy) is 2. The average Bonchev–Trinajstić information content (AvgIpc) is 2.54. The van der Waals surface area contributed by atoms with E-state index in [0.717, 1.165) is 16.7 Å². The maximum absolute atomic E-state index is 12.1. The molecule has 0 aliphatic carbocycles. The van der Waals surface area contributed by atoms with Crippen LogP contribution in [0.2, 0.25) is 5.02 Å². The summed E-state index contributed by atoms with van der Waals surface area (Å²) in [6, 6.07) is 15.0. The van der Waals surface area contributed by atoms with Gasteiger partial charge in [0, 0.05) is 5.02 Å². The van der Waals surface area contributed by atoms with Crippen molar-refractivity contribution in [1.82, 2.24) is 0 Å². The molecule has 0 radical (unpaired) electrons. The van der Waals surface area contributed by atoms with Crippen molar-refractivity contribution in [1.29, 1.82) is 0 Å². The molecular formula is C21H23ClO3. The lowest BCUT2D eigenvalue weighted by molar-refractivity contribution is -0.163. The van der Waals surface area contributed by atoms with Gasteiger partial charge < -0.3 is 9.47 Å². The predicted molar refractivity (Wildman–Crippen MR) is 102 cm³/mol. The van der Waals surface area contributed by atoms with Gasteiger partial charge >= 0.3 is 5.97 Å². The van der Waals surface area contributed by atoms with Crippen LogP contribution in [-0.4, -0.2) is 17.7 Å². The summed E-state index contributed by atoms with van der Waals surface area (Å²) in [6.45, 7) is 11.1. The van der Waals surface area contributed by atoms with E-state index in [9.17, 15) is 4.79 Å².